The third-order valence-corrected chi connectivity index (χ3v) is 5.04. The Kier molecular flexibility index (Phi) is 4.93. The number of rotatable bonds is 3. The lowest BCUT2D eigenvalue weighted by Crippen LogP contribution is -2.34. The summed E-state index contributed by atoms with van der Waals surface area (Å²) < 4.78 is 0. The highest BCUT2D eigenvalue weighted by atomic mass is 32.2. The van der Waals surface area contributed by atoms with Crippen molar-refractivity contribution >= 4 is 17.6 Å². The molecule has 2 aromatic heterocycles. The maximum atomic E-state index is 4.85. The Morgan fingerprint density at radius 1 is 1.23 bits per heavy atom. The van der Waals surface area contributed by atoms with Crippen molar-refractivity contribution in [2.45, 2.75) is 32.7 Å². The largest absolute Gasteiger partial charge is 0.353 e. The van der Waals surface area contributed by atoms with E-state index in [1.165, 1.54) is 17.9 Å². The van der Waals surface area contributed by atoms with E-state index in [1.54, 1.807) is 12.4 Å². The number of aromatic nitrogens is 3. The van der Waals surface area contributed by atoms with Crippen LogP contribution in [0.25, 0.3) is 11.4 Å². The Balaban J connectivity index is 2.00. The van der Waals surface area contributed by atoms with Crippen molar-refractivity contribution in [2.24, 2.45) is 0 Å². The van der Waals surface area contributed by atoms with E-state index in [-0.39, 0.29) is 0 Å². The van der Waals surface area contributed by atoms with E-state index in [4.69, 9.17) is 9.97 Å². The van der Waals surface area contributed by atoms with Gasteiger partial charge in [-0.05, 0) is 37.7 Å². The van der Waals surface area contributed by atoms with Gasteiger partial charge in [0.2, 0.25) is 0 Å². The molecule has 3 heterocycles. The lowest BCUT2D eigenvalue weighted by Gasteiger charge is -2.28. The first kappa shape index (κ1) is 15.3. The molecule has 5 heteroatoms. The average molecular weight is 314 g/mol. The van der Waals surface area contributed by atoms with Gasteiger partial charge in [0.15, 0.2) is 5.82 Å². The third kappa shape index (κ3) is 3.40. The fourth-order valence-electron chi connectivity index (χ4n) is 2.68. The quantitative estimate of drug-likeness (QED) is 0.868. The molecule has 1 unspecified atom stereocenters. The van der Waals surface area contributed by atoms with E-state index in [2.05, 4.69) is 29.8 Å². The molecule has 0 N–H and O–H groups in total. The van der Waals surface area contributed by atoms with Crippen molar-refractivity contribution in [2.75, 3.05) is 23.0 Å². The summed E-state index contributed by atoms with van der Waals surface area (Å²) in [7, 11) is 0. The molecule has 0 aromatic carbocycles. The predicted molar refractivity (Wildman–Crippen MR) is 93.4 cm³/mol. The molecule has 116 valence electrons. The Morgan fingerprint density at radius 2 is 2.05 bits per heavy atom. The molecule has 1 atom stereocenters. The van der Waals surface area contributed by atoms with Gasteiger partial charge in [-0.2, -0.15) is 11.8 Å². The highest BCUT2D eigenvalue weighted by molar-refractivity contribution is 7.99. The normalized spacial score (nSPS) is 19.0. The van der Waals surface area contributed by atoms with Crippen molar-refractivity contribution in [3.63, 3.8) is 0 Å². The summed E-state index contributed by atoms with van der Waals surface area (Å²) in [5.74, 6) is 4.27. The zero-order valence-corrected chi connectivity index (χ0v) is 14.0. The molecular formula is C17H22N4S. The molecule has 0 saturated carbocycles. The number of hydrogen-bond donors (Lipinski definition) is 0. The SMILES string of the molecule is CCc1cc(N2CCSCCC2C)nc(-c2ccncc2)n1. The highest BCUT2D eigenvalue weighted by Gasteiger charge is 2.20. The van der Waals surface area contributed by atoms with Gasteiger partial charge in [0.1, 0.15) is 5.82 Å². The molecule has 0 radical (unpaired) electrons. The molecule has 0 bridgehead atoms. The smallest absolute Gasteiger partial charge is 0.161 e. The average Bonchev–Trinajstić information content (AvgIpc) is 2.79. The molecule has 2 aromatic rings. The van der Waals surface area contributed by atoms with Crippen LogP contribution in [0.2, 0.25) is 0 Å². The number of thioether (sulfide) groups is 1. The highest BCUT2D eigenvalue weighted by Crippen LogP contribution is 2.25. The molecule has 3 rings (SSSR count). The van der Waals surface area contributed by atoms with Crippen molar-refractivity contribution in [1.82, 2.24) is 15.0 Å². The monoisotopic (exact) mass is 314 g/mol. The number of anilines is 1. The Hall–Kier alpha value is -1.62. The maximum Gasteiger partial charge on any atom is 0.161 e. The number of hydrogen-bond acceptors (Lipinski definition) is 5. The minimum Gasteiger partial charge on any atom is -0.353 e. The zero-order chi connectivity index (χ0) is 15.4. The fraction of sp³-hybridized carbons (Fsp3) is 0.471. The predicted octanol–water partition coefficient (Wildman–Crippen LogP) is 3.43. The summed E-state index contributed by atoms with van der Waals surface area (Å²) in [6, 6.07) is 6.62. The van der Waals surface area contributed by atoms with Crippen LogP contribution in [-0.4, -0.2) is 39.0 Å². The standard InChI is InChI=1S/C17H22N4S/c1-3-15-12-16(21-9-11-22-10-6-13(21)2)20-17(19-15)14-4-7-18-8-5-14/h4-5,7-8,12-13H,3,6,9-11H2,1-2H3. The van der Waals surface area contributed by atoms with Gasteiger partial charge in [-0.3, -0.25) is 4.98 Å². The summed E-state index contributed by atoms with van der Waals surface area (Å²) in [4.78, 5) is 16.1. The van der Waals surface area contributed by atoms with Crippen LogP contribution in [0.5, 0.6) is 0 Å². The van der Waals surface area contributed by atoms with E-state index in [0.717, 1.165) is 35.9 Å². The van der Waals surface area contributed by atoms with E-state index in [9.17, 15) is 0 Å². The first-order chi connectivity index (χ1) is 10.8. The van der Waals surface area contributed by atoms with Gasteiger partial charge >= 0.3 is 0 Å². The topological polar surface area (TPSA) is 41.9 Å². The van der Waals surface area contributed by atoms with Crippen LogP contribution in [0.3, 0.4) is 0 Å². The summed E-state index contributed by atoms with van der Waals surface area (Å²) in [5, 5.41) is 0. The third-order valence-electron chi connectivity index (χ3n) is 4.05. The summed E-state index contributed by atoms with van der Waals surface area (Å²) >= 11 is 2.04. The molecule has 4 nitrogen and oxygen atoms in total. The second-order valence-corrected chi connectivity index (χ2v) is 6.80. The van der Waals surface area contributed by atoms with Gasteiger partial charge in [-0.25, -0.2) is 9.97 Å². The molecule has 1 saturated heterocycles. The van der Waals surface area contributed by atoms with Gasteiger partial charge in [-0.1, -0.05) is 6.92 Å². The molecule has 0 spiro atoms. The van der Waals surface area contributed by atoms with Gasteiger partial charge < -0.3 is 4.90 Å². The van der Waals surface area contributed by atoms with Crippen molar-refractivity contribution in [3.05, 3.63) is 36.3 Å². The summed E-state index contributed by atoms with van der Waals surface area (Å²) in [6.45, 7) is 5.50. The Bertz CT molecular complexity index is 617. The van der Waals surface area contributed by atoms with Gasteiger partial charge in [0, 0.05) is 48.1 Å². The molecular weight excluding hydrogens is 292 g/mol. The molecule has 22 heavy (non-hydrogen) atoms. The second kappa shape index (κ2) is 7.09. The lowest BCUT2D eigenvalue weighted by molar-refractivity contribution is 0.637. The van der Waals surface area contributed by atoms with E-state index in [1.807, 2.05) is 23.9 Å². The lowest BCUT2D eigenvalue weighted by atomic mass is 10.2. The van der Waals surface area contributed by atoms with Crippen LogP contribution in [-0.2, 0) is 6.42 Å². The molecule has 1 fully saturated rings. The van der Waals surface area contributed by atoms with Crippen molar-refractivity contribution < 1.29 is 0 Å². The van der Waals surface area contributed by atoms with Gasteiger partial charge in [0.25, 0.3) is 0 Å². The van der Waals surface area contributed by atoms with E-state index in [0.29, 0.717) is 6.04 Å². The summed E-state index contributed by atoms with van der Waals surface area (Å²) in [6.07, 6.45) is 5.72. The fourth-order valence-corrected chi connectivity index (χ4v) is 3.71. The molecule has 1 aliphatic rings. The number of pyridine rings is 1. The van der Waals surface area contributed by atoms with Crippen LogP contribution < -0.4 is 4.90 Å². The maximum absolute atomic E-state index is 4.85. The first-order valence-electron chi connectivity index (χ1n) is 7.90. The summed E-state index contributed by atoms with van der Waals surface area (Å²) in [5.41, 5.74) is 2.13. The number of nitrogens with zero attached hydrogens (tertiary/aromatic N) is 4. The van der Waals surface area contributed by atoms with Crippen molar-refractivity contribution in [3.8, 4) is 11.4 Å². The zero-order valence-electron chi connectivity index (χ0n) is 13.2. The van der Waals surface area contributed by atoms with Crippen LogP contribution in [0.1, 0.15) is 26.0 Å². The first-order valence-corrected chi connectivity index (χ1v) is 9.06. The van der Waals surface area contributed by atoms with Crippen LogP contribution >= 0.6 is 11.8 Å². The molecule has 0 amide bonds. The minimum atomic E-state index is 0.528. The Morgan fingerprint density at radius 3 is 2.82 bits per heavy atom. The van der Waals surface area contributed by atoms with Gasteiger partial charge in [-0.15, -0.1) is 0 Å². The van der Waals surface area contributed by atoms with E-state index < -0.39 is 0 Å². The van der Waals surface area contributed by atoms with Crippen LogP contribution in [0.4, 0.5) is 5.82 Å². The minimum absolute atomic E-state index is 0.528. The van der Waals surface area contributed by atoms with Crippen LogP contribution in [0.15, 0.2) is 30.6 Å². The molecule has 1 aliphatic heterocycles. The van der Waals surface area contributed by atoms with Gasteiger partial charge in [0.05, 0.1) is 0 Å². The second-order valence-electron chi connectivity index (χ2n) is 5.57. The Labute approximate surface area is 136 Å². The van der Waals surface area contributed by atoms with E-state index >= 15 is 0 Å². The van der Waals surface area contributed by atoms with Crippen LogP contribution in [0, 0.1) is 0 Å². The molecule has 0 aliphatic carbocycles. The number of aryl methyl sites for hydroxylation is 1. The van der Waals surface area contributed by atoms with Crippen molar-refractivity contribution in [1.29, 1.82) is 0 Å².